The summed E-state index contributed by atoms with van der Waals surface area (Å²) in [4.78, 5) is 10.8. The normalized spacial score (nSPS) is 10.4. The molecule has 0 bridgehead atoms. The van der Waals surface area contributed by atoms with E-state index in [4.69, 9.17) is 9.84 Å². The van der Waals surface area contributed by atoms with E-state index in [2.05, 4.69) is 10.3 Å². The van der Waals surface area contributed by atoms with Crippen LogP contribution in [-0.4, -0.2) is 32.7 Å². The number of rotatable bonds is 5. The molecule has 1 heterocycles. The Bertz CT molecular complexity index is 598. The smallest absolute Gasteiger partial charge is 0.358 e. The van der Waals surface area contributed by atoms with Gasteiger partial charge in [0.1, 0.15) is 18.2 Å². The average molecular weight is 265 g/mol. The van der Waals surface area contributed by atoms with Gasteiger partial charge in [0.05, 0.1) is 12.2 Å². The van der Waals surface area contributed by atoms with E-state index in [9.17, 15) is 9.18 Å². The minimum Gasteiger partial charge on any atom is -0.492 e. The van der Waals surface area contributed by atoms with Crippen molar-refractivity contribution < 1.29 is 19.0 Å². The number of hydrogen-bond donors (Lipinski definition) is 1. The molecule has 100 valence electrons. The van der Waals surface area contributed by atoms with E-state index in [0.29, 0.717) is 18.0 Å². The van der Waals surface area contributed by atoms with Crippen molar-refractivity contribution >= 4 is 5.97 Å². The van der Waals surface area contributed by atoms with Gasteiger partial charge in [0.25, 0.3) is 0 Å². The van der Waals surface area contributed by atoms with Crippen molar-refractivity contribution in [3.05, 3.63) is 41.5 Å². The van der Waals surface area contributed by atoms with Crippen molar-refractivity contribution in [3.8, 4) is 5.75 Å². The SMILES string of the molecule is Cc1c(C(=O)O)nnn1CCOc1cccc(F)c1. The summed E-state index contributed by atoms with van der Waals surface area (Å²) < 4.78 is 19.7. The number of carboxylic acid groups (broad SMARTS) is 1. The third kappa shape index (κ3) is 3.06. The maximum Gasteiger partial charge on any atom is 0.358 e. The standard InChI is InChI=1S/C12H12FN3O3/c1-8-11(12(17)18)14-15-16(8)5-6-19-10-4-2-3-9(13)7-10/h2-4,7H,5-6H2,1H3,(H,17,18). The van der Waals surface area contributed by atoms with Crippen molar-refractivity contribution in [1.82, 2.24) is 15.0 Å². The van der Waals surface area contributed by atoms with Crippen molar-refractivity contribution in [2.75, 3.05) is 6.61 Å². The molecule has 7 heteroatoms. The third-order valence-corrected chi connectivity index (χ3v) is 2.55. The summed E-state index contributed by atoms with van der Waals surface area (Å²) in [5.74, 6) is -1.08. The zero-order chi connectivity index (χ0) is 13.8. The highest BCUT2D eigenvalue weighted by molar-refractivity contribution is 5.86. The second-order valence-electron chi connectivity index (χ2n) is 3.86. The fraction of sp³-hybridized carbons (Fsp3) is 0.250. The number of carboxylic acids is 1. The van der Waals surface area contributed by atoms with Crippen LogP contribution in [0.25, 0.3) is 0 Å². The Labute approximate surface area is 108 Å². The molecule has 1 aromatic heterocycles. The van der Waals surface area contributed by atoms with Crippen LogP contribution < -0.4 is 4.74 Å². The number of benzene rings is 1. The van der Waals surface area contributed by atoms with Crippen LogP contribution in [0.2, 0.25) is 0 Å². The van der Waals surface area contributed by atoms with E-state index < -0.39 is 5.97 Å². The minimum atomic E-state index is -1.12. The van der Waals surface area contributed by atoms with Gasteiger partial charge in [-0.25, -0.2) is 13.9 Å². The molecule has 19 heavy (non-hydrogen) atoms. The highest BCUT2D eigenvalue weighted by Gasteiger charge is 2.14. The number of ether oxygens (including phenoxy) is 1. The fourth-order valence-corrected chi connectivity index (χ4v) is 1.58. The number of nitrogens with zero attached hydrogens (tertiary/aromatic N) is 3. The summed E-state index contributed by atoms with van der Waals surface area (Å²) in [6.45, 7) is 2.20. The molecule has 6 nitrogen and oxygen atoms in total. The van der Waals surface area contributed by atoms with Crippen LogP contribution in [0.15, 0.2) is 24.3 Å². The molecule has 0 radical (unpaired) electrons. The summed E-state index contributed by atoms with van der Waals surface area (Å²) >= 11 is 0. The van der Waals surface area contributed by atoms with Crippen molar-refractivity contribution in [1.29, 1.82) is 0 Å². The van der Waals surface area contributed by atoms with E-state index in [1.54, 1.807) is 19.1 Å². The van der Waals surface area contributed by atoms with Crippen LogP contribution in [-0.2, 0) is 6.54 Å². The molecular formula is C12H12FN3O3. The second kappa shape index (κ2) is 5.47. The topological polar surface area (TPSA) is 77.2 Å². The van der Waals surface area contributed by atoms with Crippen LogP contribution in [0.4, 0.5) is 4.39 Å². The van der Waals surface area contributed by atoms with Gasteiger partial charge in [-0.1, -0.05) is 11.3 Å². The summed E-state index contributed by atoms with van der Waals surface area (Å²) in [6, 6.07) is 5.79. The van der Waals surface area contributed by atoms with Crippen molar-refractivity contribution in [2.24, 2.45) is 0 Å². The number of aromatic nitrogens is 3. The quantitative estimate of drug-likeness (QED) is 0.886. The number of aromatic carboxylic acids is 1. The Morgan fingerprint density at radius 1 is 1.53 bits per heavy atom. The van der Waals surface area contributed by atoms with E-state index in [-0.39, 0.29) is 18.1 Å². The van der Waals surface area contributed by atoms with E-state index >= 15 is 0 Å². The van der Waals surface area contributed by atoms with Gasteiger partial charge >= 0.3 is 5.97 Å². The molecule has 0 unspecified atom stereocenters. The van der Waals surface area contributed by atoms with Crippen LogP contribution in [0.3, 0.4) is 0 Å². The molecular weight excluding hydrogens is 253 g/mol. The monoisotopic (exact) mass is 265 g/mol. The predicted octanol–water partition coefficient (Wildman–Crippen LogP) is 1.50. The van der Waals surface area contributed by atoms with Gasteiger partial charge in [0, 0.05) is 6.07 Å². The lowest BCUT2D eigenvalue weighted by molar-refractivity contribution is 0.0689. The number of halogens is 1. The first kappa shape index (κ1) is 13.0. The lowest BCUT2D eigenvalue weighted by Gasteiger charge is -2.06. The third-order valence-electron chi connectivity index (χ3n) is 2.55. The molecule has 0 aliphatic carbocycles. The average Bonchev–Trinajstić information content (AvgIpc) is 2.71. The number of carbonyl (C=O) groups is 1. The lowest BCUT2D eigenvalue weighted by atomic mass is 10.3. The zero-order valence-electron chi connectivity index (χ0n) is 10.2. The molecule has 2 rings (SSSR count). The van der Waals surface area contributed by atoms with Gasteiger partial charge in [-0.05, 0) is 19.1 Å². The van der Waals surface area contributed by atoms with Crippen molar-refractivity contribution in [3.63, 3.8) is 0 Å². The Kier molecular flexibility index (Phi) is 3.74. The maximum absolute atomic E-state index is 12.9. The summed E-state index contributed by atoms with van der Waals surface area (Å²) in [5.41, 5.74) is 0.376. The van der Waals surface area contributed by atoms with Crippen LogP contribution in [0, 0.1) is 12.7 Å². The molecule has 1 aromatic carbocycles. The van der Waals surface area contributed by atoms with Gasteiger partial charge < -0.3 is 9.84 Å². The molecule has 0 aliphatic heterocycles. The zero-order valence-corrected chi connectivity index (χ0v) is 10.2. The van der Waals surface area contributed by atoms with Gasteiger partial charge in [0.2, 0.25) is 0 Å². The second-order valence-corrected chi connectivity index (χ2v) is 3.86. The predicted molar refractivity (Wildman–Crippen MR) is 63.6 cm³/mol. The molecule has 2 aromatic rings. The van der Waals surface area contributed by atoms with E-state index in [1.807, 2.05) is 0 Å². The summed E-state index contributed by atoms with van der Waals surface area (Å²) in [5, 5.41) is 16.1. The lowest BCUT2D eigenvalue weighted by Crippen LogP contribution is -2.11. The first-order chi connectivity index (χ1) is 9.08. The Morgan fingerprint density at radius 2 is 2.32 bits per heavy atom. The van der Waals surface area contributed by atoms with Gasteiger partial charge in [-0.2, -0.15) is 0 Å². The van der Waals surface area contributed by atoms with Gasteiger partial charge in [0.15, 0.2) is 5.69 Å². The molecule has 0 fully saturated rings. The Balaban J connectivity index is 1.94. The maximum atomic E-state index is 12.9. The highest BCUT2D eigenvalue weighted by Crippen LogP contribution is 2.12. The molecule has 0 saturated carbocycles. The highest BCUT2D eigenvalue weighted by atomic mass is 19.1. The van der Waals surface area contributed by atoms with Crippen LogP contribution >= 0.6 is 0 Å². The first-order valence-electron chi connectivity index (χ1n) is 5.59. The molecule has 0 spiro atoms. The Hall–Kier alpha value is -2.44. The molecule has 1 N–H and O–H groups in total. The summed E-state index contributed by atoms with van der Waals surface area (Å²) in [7, 11) is 0. The molecule has 0 amide bonds. The largest absolute Gasteiger partial charge is 0.492 e. The van der Waals surface area contributed by atoms with Gasteiger partial charge in [-0.3, -0.25) is 0 Å². The fourth-order valence-electron chi connectivity index (χ4n) is 1.58. The van der Waals surface area contributed by atoms with E-state index in [1.165, 1.54) is 16.8 Å². The molecule has 0 atom stereocenters. The van der Waals surface area contributed by atoms with Crippen LogP contribution in [0.5, 0.6) is 5.75 Å². The first-order valence-corrected chi connectivity index (χ1v) is 5.59. The Morgan fingerprint density at radius 3 is 2.95 bits per heavy atom. The summed E-state index contributed by atoms with van der Waals surface area (Å²) in [6.07, 6.45) is 0. The van der Waals surface area contributed by atoms with Crippen molar-refractivity contribution in [2.45, 2.75) is 13.5 Å². The number of hydrogen-bond acceptors (Lipinski definition) is 4. The minimum absolute atomic E-state index is 0.0780. The van der Waals surface area contributed by atoms with E-state index in [0.717, 1.165) is 0 Å². The van der Waals surface area contributed by atoms with Crippen LogP contribution in [0.1, 0.15) is 16.2 Å². The van der Waals surface area contributed by atoms with Gasteiger partial charge in [-0.15, -0.1) is 5.10 Å². The molecule has 0 aliphatic rings. The molecule has 0 saturated heterocycles.